The van der Waals surface area contributed by atoms with E-state index in [-0.39, 0.29) is 4.90 Å². The lowest BCUT2D eigenvalue weighted by Crippen LogP contribution is -2.22. The Bertz CT molecular complexity index is 422. The van der Waals surface area contributed by atoms with Crippen molar-refractivity contribution in [3.63, 3.8) is 0 Å². The van der Waals surface area contributed by atoms with E-state index < -0.39 is 10.0 Å². The van der Waals surface area contributed by atoms with Gasteiger partial charge in [-0.2, -0.15) is 0 Å². The first-order valence-electron chi connectivity index (χ1n) is 5.31. The van der Waals surface area contributed by atoms with Crippen LogP contribution in [0.4, 0.5) is 0 Å². The van der Waals surface area contributed by atoms with Crippen molar-refractivity contribution in [2.75, 3.05) is 13.1 Å². The number of hydrogen-bond acceptors (Lipinski definition) is 3. The summed E-state index contributed by atoms with van der Waals surface area (Å²) >= 11 is 0. The molecular weight excluding hydrogens is 224 g/mol. The van der Waals surface area contributed by atoms with Crippen LogP contribution in [0.1, 0.15) is 19.4 Å². The van der Waals surface area contributed by atoms with Gasteiger partial charge in [0.25, 0.3) is 0 Å². The quantitative estimate of drug-likeness (QED) is 0.843. The predicted molar refractivity (Wildman–Crippen MR) is 64.4 cm³/mol. The fourth-order valence-corrected chi connectivity index (χ4v) is 2.01. The Balaban J connectivity index is 2.80. The molecule has 1 aromatic rings. The van der Waals surface area contributed by atoms with Crippen LogP contribution >= 0.6 is 0 Å². The molecule has 16 heavy (non-hydrogen) atoms. The average Bonchev–Trinajstić information content (AvgIpc) is 2.25. The SMILES string of the molecule is CCN(CC)Cc1ccc(S(N)(=O)=O)cc1. The molecule has 0 bridgehead atoms. The third-order valence-electron chi connectivity index (χ3n) is 2.55. The maximum absolute atomic E-state index is 11.0. The second kappa shape index (κ2) is 5.43. The van der Waals surface area contributed by atoms with Crippen molar-refractivity contribution in [1.29, 1.82) is 0 Å². The van der Waals surface area contributed by atoms with Crippen molar-refractivity contribution in [3.05, 3.63) is 29.8 Å². The molecular formula is C11H18N2O2S. The van der Waals surface area contributed by atoms with Gasteiger partial charge in [0.05, 0.1) is 4.90 Å². The molecule has 1 rings (SSSR count). The molecule has 0 spiro atoms. The molecule has 0 saturated heterocycles. The Hall–Kier alpha value is -0.910. The average molecular weight is 242 g/mol. The van der Waals surface area contributed by atoms with Crippen LogP contribution in [0.5, 0.6) is 0 Å². The van der Waals surface area contributed by atoms with Gasteiger partial charge in [0.2, 0.25) is 10.0 Å². The molecule has 0 saturated carbocycles. The number of sulfonamides is 1. The molecule has 0 amide bonds. The van der Waals surface area contributed by atoms with Gasteiger partial charge in [-0.25, -0.2) is 13.6 Å². The van der Waals surface area contributed by atoms with E-state index in [9.17, 15) is 8.42 Å². The van der Waals surface area contributed by atoms with Gasteiger partial charge in [0, 0.05) is 6.54 Å². The van der Waals surface area contributed by atoms with Crippen LogP contribution in [-0.2, 0) is 16.6 Å². The van der Waals surface area contributed by atoms with Crippen molar-refractivity contribution in [2.45, 2.75) is 25.3 Å². The lowest BCUT2D eigenvalue weighted by atomic mass is 10.2. The van der Waals surface area contributed by atoms with Crippen LogP contribution < -0.4 is 5.14 Å². The summed E-state index contributed by atoms with van der Waals surface area (Å²) in [7, 11) is -3.57. The van der Waals surface area contributed by atoms with E-state index in [0.717, 1.165) is 25.2 Å². The van der Waals surface area contributed by atoms with Gasteiger partial charge in [-0.15, -0.1) is 0 Å². The topological polar surface area (TPSA) is 63.4 Å². The second-order valence-electron chi connectivity index (χ2n) is 3.65. The number of benzene rings is 1. The third kappa shape index (κ3) is 3.59. The second-order valence-corrected chi connectivity index (χ2v) is 5.21. The summed E-state index contributed by atoms with van der Waals surface area (Å²) in [5.74, 6) is 0. The maximum atomic E-state index is 11.0. The zero-order valence-corrected chi connectivity index (χ0v) is 10.5. The fourth-order valence-electron chi connectivity index (χ4n) is 1.49. The van der Waals surface area contributed by atoms with E-state index in [2.05, 4.69) is 18.7 Å². The zero-order chi connectivity index (χ0) is 12.2. The summed E-state index contributed by atoms with van der Waals surface area (Å²) in [5.41, 5.74) is 1.09. The number of primary sulfonamides is 1. The van der Waals surface area contributed by atoms with E-state index in [4.69, 9.17) is 5.14 Å². The standard InChI is InChI=1S/C11H18N2O2S/c1-3-13(4-2)9-10-5-7-11(8-6-10)16(12,14)15/h5-8H,3-4,9H2,1-2H3,(H2,12,14,15). The number of nitrogens with zero attached hydrogens (tertiary/aromatic N) is 1. The lowest BCUT2D eigenvalue weighted by molar-refractivity contribution is 0.296. The van der Waals surface area contributed by atoms with E-state index in [1.807, 2.05) is 0 Å². The van der Waals surface area contributed by atoms with E-state index in [1.54, 1.807) is 24.3 Å². The molecule has 1 aromatic carbocycles. The van der Waals surface area contributed by atoms with Gasteiger partial charge in [-0.05, 0) is 30.8 Å². The summed E-state index contributed by atoms with van der Waals surface area (Å²) in [5, 5.41) is 5.02. The first-order valence-corrected chi connectivity index (χ1v) is 6.86. The highest BCUT2D eigenvalue weighted by Gasteiger charge is 2.07. The summed E-state index contributed by atoms with van der Waals surface area (Å²) < 4.78 is 22.1. The van der Waals surface area contributed by atoms with Gasteiger partial charge in [-0.1, -0.05) is 26.0 Å². The molecule has 0 unspecified atom stereocenters. The number of nitrogens with two attached hydrogens (primary N) is 1. The fraction of sp³-hybridized carbons (Fsp3) is 0.455. The van der Waals surface area contributed by atoms with E-state index in [1.165, 1.54) is 0 Å². The largest absolute Gasteiger partial charge is 0.300 e. The minimum atomic E-state index is -3.57. The maximum Gasteiger partial charge on any atom is 0.238 e. The molecule has 0 aliphatic heterocycles. The van der Waals surface area contributed by atoms with Crippen LogP contribution in [0, 0.1) is 0 Å². The van der Waals surface area contributed by atoms with Crippen LogP contribution in [0.3, 0.4) is 0 Å². The number of rotatable bonds is 5. The Labute approximate surface area is 97.1 Å². The highest BCUT2D eigenvalue weighted by molar-refractivity contribution is 7.89. The van der Waals surface area contributed by atoms with Crippen molar-refractivity contribution in [1.82, 2.24) is 4.90 Å². The molecule has 0 aromatic heterocycles. The molecule has 0 aliphatic carbocycles. The Morgan fingerprint density at radius 3 is 2.00 bits per heavy atom. The van der Waals surface area contributed by atoms with Gasteiger partial charge in [0.15, 0.2) is 0 Å². The lowest BCUT2D eigenvalue weighted by Gasteiger charge is -2.17. The molecule has 0 atom stereocenters. The van der Waals surface area contributed by atoms with Crippen molar-refractivity contribution in [2.24, 2.45) is 5.14 Å². The summed E-state index contributed by atoms with van der Waals surface area (Å²) in [4.78, 5) is 2.42. The van der Waals surface area contributed by atoms with Gasteiger partial charge < -0.3 is 0 Å². The number of hydrogen-bond donors (Lipinski definition) is 1. The van der Waals surface area contributed by atoms with Crippen LogP contribution in [0.15, 0.2) is 29.2 Å². The zero-order valence-electron chi connectivity index (χ0n) is 9.68. The molecule has 0 radical (unpaired) electrons. The summed E-state index contributed by atoms with van der Waals surface area (Å²) in [6.45, 7) is 6.99. The molecule has 0 fully saturated rings. The normalized spacial score (nSPS) is 12.0. The van der Waals surface area contributed by atoms with Gasteiger partial charge in [0.1, 0.15) is 0 Å². The summed E-state index contributed by atoms with van der Waals surface area (Å²) in [6.07, 6.45) is 0. The smallest absolute Gasteiger partial charge is 0.238 e. The molecule has 90 valence electrons. The predicted octanol–water partition coefficient (Wildman–Crippen LogP) is 1.18. The van der Waals surface area contributed by atoms with Crippen LogP contribution in [-0.4, -0.2) is 26.4 Å². The monoisotopic (exact) mass is 242 g/mol. The minimum absolute atomic E-state index is 0.163. The van der Waals surface area contributed by atoms with E-state index >= 15 is 0 Å². The first-order chi connectivity index (χ1) is 7.47. The Morgan fingerprint density at radius 2 is 1.62 bits per heavy atom. The molecule has 0 aliphatic rings. The Morgan fingerprint density at radius 1 is 1.12 bits per heavy atom. The highest BCUT2D eigenvalue weighted by atomic mass is 32.2. The highest BCUT2D eigenvalue weighted by Crippen LogP contribution is 2.10. The molecule has 0 heterocycles. The molecule has 4 nitrogen and oxygen atoms in total. The third-order valence-corrected chi connectivity index (χ3v) is 3.48. The molecule has 5 heteroatoms. The first kappa shape index (κ1) is 13.2. The van der Waals surface area contributed by atoms with Crippen molar-refractivity contribution >= 4 is 10.0 Å². The van der Waals surface area contributed by atoms with Crippen LogP contribution in [0.2, 0.25) is 0 Å². The summed E-state index contributed by atoms with van der Waals surface area (Å²) in [6, 6.07) is 6.71. The minimum Gasteiger partial charge on any atom is -0.300 e. The van der Waals surface area contributed by atoms with Gasteiger partial charge in [-0.3, -0.25) is 4.90 Å². The Kier molecular flexibility index (Phi) is 4.46. The van der Waals surface area contributed by atoms with Crippen molar-refractivity contribution < 1.29 is 8.42 Å². The van der Waals surface area contributed by atoms with Gasteiger partial charge >= 0.3 is 0 Å². The van der Waals surface area contributed by atoms with E-state index in [0.29, 0.717) is 0 Å². The van der Waals surface area contributed by atoms with Crippen molar-refractivity contribution in [3.8, 4) is 0 Å². The molecule has 2 N–H and O–H groups in total. The van der Waals surface area contributed by atoms with Crippen LogP contribution in [0.25, 0.3) is 0 Å².